The molecule has 5 heteroatoms. The number of aliphatic carboxylic acids is 1. The van der Waals surface area contributed by atoms with Crippen molar-refractivity contribution in [2.24, 2.45) is 5.92 Å². The quantitative estimate of drug-likeness (QED) is 0.642. The number of urea groups is 1. The van der Waals surface area contributed by atoms with E-state index >= 15 is 0 Å². The van der Waals surface area contributed by atoms with E-state index in [2.05, 4.69) is 12.2 Å². The summed E-state index contributed by atoms with van der Waals surface area (Å²) >= 11 is 0. The zero-order valence-electron chi connectivity index (χ0n) is 13.3. The van der Waals surface area contributed by atoms with Gasteiger partial charge in [-0.2, -0.15) is 0 Å². The Kier molecular flexibility index (Phi) is 8.87. The third-order valence-corrected chi connectivity index (χ3v) is 4.19. The summed E-state index contributed by atoms with van der Waals surface area (Å²) in [5, 5.41) is 11.5. The van der Waals surface area contributed by atoms with Crippen molar-refractivity contribution in [1.82, 2.24) is 10.2 Å². The van der Waals surface area contributed by atoms with Gasteiger partial charge >= 0.3 is 12.0 Å². The van der Waals surface area contributed by atoms with Crippen LogP contribution in [0.2, 0.25) is 0 Å². The third kappa shape index (κ3) is 7.93. The molecule has 0 aromatic rings. The minimum Gasteiger partial charge on any atom is -0.481 e. The van der Waals surface area contributed by atoms with Crippen molar-refractivity contribution in [3.8, 4) is 0 Å². The van der Waals surface area contributed by atoms with E-state index in [1.165, 1.54) is 12.8 Å². The highest BCUT2D eigenvalue weighted by Gasteiger charge is 2.21. The number of likely N-dealkylation sites (tertiary alicyclic amines) is 1. The fraction of sp³-hybridized carbons (Fsp3) is 0.875. The molecule has 0 radical (unpaired) electrons. The van der Waals surface area contributed by atoms with Crippen molar-refractivity contribution < 1.29 is 14.7 Å². The number of carbonyl (C=O) groups excluding carboxylic acids is 1. The SMILES string of the molecule is CCCC1CCN(C(=O)NCCCCCCC(=O)O)CC1. The summed E-state index contributed by atoms with van der Waals surface area (Å²) in [5.74, 6) is 0.0723. The lowest BCUT2D eigenvalue weighted by molar-refractivity contribution is -0.137. The van der Waals surface area contributed by atoms with Crippen molar-refractivity contribution in [3.05, 3.63) is 0 Å². The fourth-order valence-corrected chi connectivity index (χ4v) is 2.89. The maximum absolute atomic E-state index is 12.0. The van der Waals surface area contributed by atoms with Crippen molar-refractivity contribution in [3.63, 3.8) is 0 Å². The summed E-state index contributed by atoms with van der Waals surface area (Å²) in [5.41, 5.74) is 0. The molecule has 0 aromatic carbocycles. The third-order valence-electron chi connectivity index (χ3n) is 4.19. The molecule has 1 saturated heterocycles. The number of piperidine rings is 1. The van der Waals surface area contributed by atoms with Gasteiger partial charge in [0.05, 0.1) is 0 Å². The molecule has 1 heterocycles. The molecule has 122 valence electrons. The van der Waals surface area contributed by atoms with Gasteiger partial charge in [0.1, 0.15) is 0 Å². The summed E-state index contributed by atoms with van der Waals surface area (Å²) < 4.78 is 0. The summed E-state index contributed by atoms with van der Waals surface area (Å²) in [7, 11) is 0. The molecule has 0 saturated carbocycles. The molecule has 0 spiro atoms. The van der Waals surface area contributed by atoms with Gasteiger partial charge in [-0.3, -0.25) is 4.79 Å². The molecule has 1 aliphatic heterocycles. The average Bonchev–Trinajstić information content (AvgIpc) is 2.47. The predicted octanol–water partition coefficient (Wildman–Crippen LogP) is 3.24. The van der Waals surface area contributed by atoms with Crippen molar-refractivity contribution in [2.75, 3.05) is 19.6 Å². The van der Waals surface area contributed by atoms with Crippen LogP contribution in [-0.2, 0) is 4.79 Å². The molecule has 0 atom stereocenters. The first-order valence-electron chi connectivity index (χ1n) is 8.38. The summed E-state index contributed by atoms with van der Waals surface area (Å²) in [4.78, 5) is 24.3. The molecule has 1 aliphatic rings. The smallest absolute Gasteiger partial charge is 0.317 e. The maximum Gasteiger partial charge on any atom is 0.317 e. The standard InChI is InChI=1S/C16H30N2O3/c1-2-7-14-9-12-18(13-10-14)16(21)17-11-6-4-3-5-8-15(19)20/h14H,2-13H2,1H3,(H,17,21)(H,19,20). The molecule has 2 amide bonds. The normalized spacial score (nSPS) is 16.0. The Bertz CT molecular complexity index is 313. The first-order chi connectivity index (χ1) is 10.1. The Hall–Kier alpha value is -1.26. The number of nitrogens with one attached hydrogen (secondary N) is 1. The molecule has 21 heavy (non-hydrogen) atoms. The number of nitrogens with zero attached hydrogens (tertiary/aromatic N) is 1. The minimum absolute atomic E-state index is 0.0653. The van der Waals surface area contributed by atoms with E-state index in [4.69, 9.17) is 5.11 Å². The van der Waals surface area contributed by atoms with E-state index in [1.54, 1.807) is 0 Å². The number of amides is 2. The fourth-order valence-electron chi connectivity index (χ4n) is 2.89. The van der Waals surface area contributed by atoms with Crippen LogP contribution in [0.15, 0.2) is 0 Å². The largest absolute Gasteiger partial charge is 0.481 e. The Labute approximate surface area is 128 Å². The van der Waals surface area contributed by atoms with Crippen molar-refractivity contribution >= 4 is 12.0 Å². The Balaban J connectivity index is 2.00. The van der Waals surface area contributed by atoms with Gasteiger partial charge in [0.15, 0.2) is 0 Å². The van der Waals surface area contributed by atoms with Gasteiger partial charge < -0.3 is 15.3 Å². The van der Waals surface area contributed by atoms with Crippen LogP contribution in [0.4, 0.5) is 4.79 Å². The number of unbranched alkanes of at least 4 members (excludes halogenated alkanes) is 3. The van der Waals surface area contributed by atoms with Gasteiger partial charge in [-0.15, -0.1) is 0 Å². The molecule has 0 bridgehead atoms. The summed E-state index contributed by atoms with van der Waals surface area (Å²) in [6.45, 7) is 4.68. The lowest BCUT2D eigenvalue weighted by Crippen LogP contribution is -2.44. The number of carboxylic acids is 1. The molecule has 5 nitrogen and oxygen atoms in total. The highest BCUT2D eigenvalue weighted by molar-refractivity contribution is 5.74. The average molecular weight is 298 g/mol. The van der Waals surface area contributed by atoms with Gasteiger partial charge in [-0.1, -0.05) is 32.6 Å². The van der Waals surface area contributed by atoms with Gasteiger partial charge in [0.2, 0.25) is 0 Å². The molecular weight excluding hydrogens is 268 g/mol. The molecule has 0 unspecified atom stereocenters. The Morgan fingerprint density at radius 3 is 2.43 bits per heavy atom. The zero-order valence-corrected chi connectivity index (χ0v) is 13.3. The van der Waals surface area contributed by atoms with Crippen molar-refractivity contribution in [1.29, 1.82) is 0 Å². The van der Waals surface area contributed by atoms with E-state index in [0.29, 0.717) is 6.54 Å². The van der Waals surface area contributed by atoms with Crippen LogP contribution in [0, 0.1) is 5.92 Å². The molecular formula is C16H30N2O3. The summed E-state index contributed by atoms with van der Waals surface area (Å²) in [6.07, 6.45) is 8.60. The Morgan fingerprint density at radius 1 is 1.14 bits per heavy atom. The van der Waals surface area contributed by atoms with Crippen LogP contribution in [-0.4, -0.2) is 41.6 Å². The number of hydrogen-bond acceptors (Lipinski definition) is 2. The van der Waals surface area contributed by atoms with Crippen LogP contribution in [0.5, 0.6) is 0 Å². The highest BCUT2D eigenvalue weighted by atomic mass is 16.4. The monoisotopic (exact) mass is 298 g/mol. The molecule has 0 aliphatic carbocycles. The number of carbonyl (C=O) groups is 2. The first-order valence-corrected chi connectivity index (χ1v) is 8.38. The van der Waals surface area contributed by atoms with Crippen molar-refractivity contribution in [2.45, 2.75) is 64.7 Å². The first kappa shape index (κ1) is 17.8. The van der Waals surface area contributed by atoms with E-state index < -0.39 is 5.97 Å². The van der Waals surface area contributed by atoms with Gasteiger partial charge in [0, 0.05) is 26.1 Å². The van der Waals surface area contributed by atoms with E-state index in [0.717, 1.165) is 57.5 Å². The van der Waals surface area contributed by atoms with E-state index in [1.807, 2.05) is 4.90 Å². The zero-order chi connectivity index (χ0) is 15.5. The van der Waals surface area contributed by atoms with Crippen LogP contribution in [0.25, 0.3) is 0 Å². The number of rotatable bonds is 9. The molecule has 1 fully saturated rings. The lowest BCUT2D eigenvalue weighted by atomic mass is 9.93. The highest BCUT2D eigenvalue weighted by Crippen LogP contribution is 2.21. The second-order valence-electron chi connectivity index (χ2n) is 6.01. The molecule has 2 N–H and O–H groups in total. The maximum atomic E-state index is 12.0. The van der Waals surface area contributed by atoms with Gasteiger partial charge in [0.25, 0.3) is 0 Å². The van der Waals surface area contributed by atoms with E-state index in [-0.39, 0.29) is 12.5 Å². The van der Waals surface area contributed by atoms with Crippen LogP contribution >= 0.6 is 0 Å². The van der Waals surface area contributed by atoms with E-state index in [9.17, 15) is 9.59 Å². The summed E-state index contributed by atoms with van der Waals surface area (Å²) in [6, 6.07) is 0.0653. The number of hydrogen-bond donors (Lipinski definition) is 2. The molecule has 1 rings (SSSR count). The molecule has 0 aromatic heterocycles. The topological polar surface area (TPSA) is 69.6 Å². The minimum atomic E-state index is -0.727. The van der Waals surface area contributed by atoms with Crippen LogP contribution in [0.1, 0.15) is 64.7 Å². The second-order valence-corrected chi connectivity index (χ2v) is 6.01. The van der Waals surface area contributed by atoms with Gasteiger partial charge in [-0.05, 0) is 31.6 Å². The van der Waals surface area contributed by atoms with Crippen LogP contribution in [0.3, 0.4) is 0 Å². The lowest BCUT2D eigenvalue weighted by Gasteiger charge is -2.31. The van der Waals surface area contributed by atoms with Crippen LogP contribution < -0.4 is 5.32 Å². The Morgan fingerprint density at radius 2 is 1.81 bits per heavy atom. The second kappa shape index (κ2) is 10.5. The van der Waals surface area contributed by atoms with Gasteiger partial charge in [-0.25, -0.2) is 4.79 Å². The predicted molar refractivity (Wildman–Crippen MR) is 83.3 cm³/mol. The number of carboxylic acid groups (broad SMARTS) is 1.